The number of pyridine rings is 2. The lowest BCUT2D eigenvalue weighted by Gasteiger charge is -2.40. The van der Waals surface area contributed by atoms with E-state index >= 15 is 0 Å². The Hall–Kier alpha value is -3.67. The molecule has 3 aliphatic rings. The van der Waals surface area contributed by atoms with Crippen molar-refractivity contribution < 1.29 is 9.47 Å². The van der Waals surface area contributed by atoms with Gasteiger partial charge < -0.3 is 14.4 Å². The molecule has 0 N–H and O–H groups in total. The van der Waals surface area contributed by atoms with Crippen molar-refractivity contribution >= 4 is 21.9 Å². The summed E-state index contributed by atoms with van der Waals surface area (Å²) in [6, 6.07) is 8.03. The molecule has 0 aliphatic carbocycles. The maximum atomic E-state index is 13.3. The molecule has 37 heavy (non-hydrogen) atoms. The molecule has 3 aromatic heterocycles. The molecule has 2 saturated heterocycles. The van der Waals surface area contributed by atoms with Crippen LogP contribution in [0.15, 0.2) is 41.5 Å². The fourth-order valence-electron chi connectivity index (χ4n) is 5.86. The zero-order chi connectivity index (χ0) is 25.0. The Morgan fingerprint density at radius 3 is 2.65 bits per heavy atom. The maximum Gasteiger partial charge on any atom is 0.329 e. The highest BCUT2D eigenvalue weighted by Crippen LogP contribution is 2.44. The lowest BCUT2D eigenvalue weighted by Crippen LogP contribution is -2.58. The van der Waals surface area contributed by atoms with Crippen molar-refractivity contribution in [2.24, 2.45) is 7.05 Å². The fourth-order valence-corrected chi connectivity index (χ4v) is 5.86. The van der Waals surface area contributed by atoms with Crippen LogP contribution in [0.1, 0.15) is 31.4 Å². The van der Waals surface area contributed by atoms with Gasteiger partial charge in [0.15, 0.2) is 0 Å². The van der Waals surface area contributed by atoms with Crippen LogP contribution in [0, 0.1) is 11.8 Å². The Balaban J connectivity index is 1.25. The van der Waals surface area contributed by atoms with Gasteiger partial charge in [-0.25, -0.2) is 9.78 Å². The molecule has 0 amide bonds. The van der Waals surface area contributed by atoms with E-state index in [1.54, 1.807) is 17.8 Å². The van der Waals surface area contributed by atoms with Crippen LogP contribution in [-0.2, 0) is 17.3 Å². The second-order valence-electron chi connectivity index (χ2n) is 10.4. The topological polar surface area (TPSA) is 74.4 Å². The highest BCUT2D eigenvalue weighted by atomic mass is 16.5. The predicted molar refractivity (Wildman–Crippen MR) is 142 cm³/mol. The maximum absolute atomic E-state index is 13.3. The van der Waals surface area contributed by atoms with Crippen molar-refractivity contribution in [2.75, 3.05) is 39.5 Å². The summed E-state index contributed by atoms with van der Waals surface area (Å²) >= 11 is 0. The second kappa shape index (κ2) is 8.72. The lowest BCUT2D eigenvalue weighted by molar-refractivity contribution is -0.118. The average Bonchev–Trinajstić information content (AvgIpc) is 3.06. The van der Waals surface area contributed by atoms with Crippen molar-refractivity contribution in [3.8, 4) is 28.7 Å². The largest absolute Gasteiger partial charge is 0.489 e. The number of aryl methyl sites for hydroxylation is 1. The minimum absolute atomic E-state index is 0.0701. The standard InChI is InChI=1S/C29H29N5O3/c1-32-24-16-31-23-11-10-22(27-25(23)26(24)34(28(32)35)29(19-37-27)17-36-18-29)20-8-9-21(30-15-20)7-3-6-14-33-12-4-2-5-13-33/h8-11,15-16H,2,4-6,12-14,17-19H2,1H3. The number of imidazole rings is 1. The van der Waals surface area contributed by atoms with E-state index in [9.17, 15) is 4.79 Å². The number of ether oxygens (including phenoxy) is 2. The van der Waals surface area contributed by atoms with Crippen LogP contribution in [0.5, 0.6) is 5.75 Å². The van der Waals surface area contributed by atoms with Crippen LogP contribution in [0.4, 0.5) is 0 Å². The SMILES string of the molecule is Cn1c(=O)n2c3c4c(c(-c5ccc(C#CCCN6CCCCC6)nc5)ccc4ncc31)OCC21COC1. The molecule has 2 fully saturated rings. The van der Waals surface area contributed by atoms with E-state index in [1.165, 1.54) is 32.4 Å². The van der Waals surface area contributed by atoms with Crippen LogP contribution in [0.3, 0.4) is 0 Å². The molecule has 1 aromatic carbocycles. The monoisotopic (exact) mass is 495 g/mol. The second-order valence-corrected chi connectivity index (χ2v) is 10.4. The van der Waals surface area contributed by atoms with Gasteiger partial charge in [0.05, 0.1) is 41.3 Å². The molecule has 4 aromatic rings. The smallest absolute Gasteiger partial charge is 0.329 e. The van der Waals surface area contributed by atoms with Crippen molar-refractivity contribution in [1.29, 1.82) is 0 Å². The summed E-state index contributed by atoms with van der Waals surface area (Å²) in [5, 5.41) is 0.859. The Bertz CT molecular complexity index is 1630. The molecule has 0 saturated carbocycles. The number of benzene rings is 1. The molecule has 3 aliphatic heterocycles. The number of nitrogens with zero attached hydrogens (tertiary/aromatic N) is 5. The van der Waals surface area contributed by atoms with Crippen molar-refractivity contribution in [1.82, 2.24) is 24.0 Å². The predicted octanol–water partition coefficient (Wildman–Crippen LogP) is 3.30. The van der Waals surface area contributed by atoms with Gasteiger partial charge in [0.1, 0.15) is 23.6 Å². The van der Waals surface area contributed by atoms with Crippen LogP contribution < -0.4 is 10.4 Å². The van der Waals surface area contributed by atoms with E-state index in [4.69, 9.17) is 9.47 Å². The van der Waals surface area contributed by atoms with Gasteiger partial charge in [-0.3, -0.25) is 14.1 Å². The van der Waals surface area contributed by atoms with Gasteiger partial charge in [0, 0.05) is 37.3 Å². The molecule has 8 nitrogen and oxygen atoms in total. The average molecular weight is 496 g/mol. The summed E-state index contributed by atoms with van der Waals surface area (Å²) in [6.45, 7) is 4.68. The number of rotatable bonds is 3. The normalized spacial score (nSPS) is 18.4. The Morgan fingerprint density at radius 1 is 1.03 bits per heavy atom. The Kier molecular flexibility index (Phi) is 5.31. The molecule has 0 bridgehead atoms. The van der Waals surface area contributed by atoms with Crippen LogP contribution in [-0.4, -0.2) is 63.5 Å². The van der Waals surface area contributed by atoms with Crippen molar-refractivity contribution in [3.63, 3.8) is 0 Å². The van der Waals surface area contributed by atoms with E-state index in [2.05, 4.69) is 26.7 Å². The highest BCUT2D eigenvalue weighted by molar-refractivity contribution is 6.09. The van der Waals surface area contributed by atoms with Crippen LogP contribution in [0.25, 0.3) is 33.1 Å². The fraction of sp³-hybridized carbons (Fsp3) is 0.414. The number of hydrogen-bond donors (Lipinski definition) is 0. The molecule has 188 valence electrons. The van der Waals surface area contributed by atoms with Gasteiger partial charge >= 0.3 is 5.69 Å². The zero-order valence-electron chi connectivity index (χ0n) is 21.0. The van der Waals surface area contributed by atoms with Gasteiger partial charge in [0.2, 0.25) is 0 Å². The zero-order valence-corrected chi connectivity index (χ0v) is 21.0. The summed E-state index contributed by atoms with van der Waals surface area (Å²) in [7, 11) is 1.80. The minimum Gasteiger partial charge on any atom is -0.489 e. The van der Waals surface area contributed by atoms with Crippen molar-refractivity contribution in [2.45, 2.75) is 31.2 Å². The molecule has 0 atom stereocenters. The lowest BCUT2D eigenvalue weighted by atomic mass is 9.98. The summed E-state index contributed by atoms with van der Waals surface area (Å²) < 4.78 is 15.6. The van der Waals surface area contributed by atoms with Gasteiger partial charge in [-0.15, -0.1) is 0 Å². The Morgan fingerprint density at radius 2 is 1.89 bits per heavy atom. The van der Waals surface area contributed by atoms with Gasteiger partial charge in [0.25, 0.3) is 0 Å². The number of aromatic nitrogens is 4. The van der Waals surface area contributed by atoms with E-state index in [1.807, 2.05) is 35.0 Å². The first kappa shape index (κ1) is 22.5. The number of hydrogen-bond acceptors (Lipinski definition) is 6. The number of piperidine rings is 1. The molecule has 6 heterocycles. The van der Waals surface area contributed by atoms with Gasteiger partial charge in [-0.05, 0) is 56.1 Å². The highest BCUT2D eigenvalue weighted by Gasteiger charge is 2.46. The molecule has 0 unspecified atom stereocenters. The summed E-state index contributed by atoms with van der Waals surface area (Å²) in [5.74, 6) is 7.24. The first-order chi connectivity index (χ1) is 18.1. The van der Waals surface area contributed by atoms with Gasteiger partial charge in [-0.2, -0.15) is 0 Å². The third-order valence-electron chi connectivity index (χ3n) is 8.00. The van der Waals surface area contributed by atoms with Crippen LogP contribution >= 0.6 is 0 Å². The quantitative estimate of drug-likeness (QED) is 0.406. The summed E-state index contributed by atoms with van der Waals surface area (Å²) in [4.78, 5) is 25.1. The first-order valence-corrected chi connectivity index (χ1v) is 13.1. The van der Waals surface area contributed by atoms with E-state index in [0.717, 1.165) is 57.5 Å². The summed E-state index contributed by atoms with van der Waals surface area (Å²) in [5.41, 5.74) is 4.51. The number of likely N-dealkylation sites (tertiary alicyclic amines) is 1. The summed E-state index contributed by atoms with van der Waals surface area (Å²) in [6.07, 6.45) is 8.45. The van der Waals surface area contributed by atoms with Crippen molar-refractivity contribution in [3.05, 3.63) is 52.8 Å². The van der Waals surface area contributed by atoms with Gasteiger partial charge in [-0.1, -0.05) is 12.3 Å². The molecule has 1 spiro atoms. The third kappa shape index (κ3) is 3.57. The van der Waals surface area contributed by atoms with E-state index < -0.39 is 5.54 Å². The third-order valence-corrected chi connectivity index (χ3v) is 8.00. The van der Waals surface area contributed by atoms with Crippen LogP contribution in [0.2, 0.25) is 0 Å². The Labute approximate surface area is 214 Å². The molecule has 7 rings (SSSR count). The number of fused-ring (bicyclic) bond motifs is 1. The minimum atomic E-state index is -0.507. The molecular weight excluding hydrogens is 466 g/mol. The molecular formula is C29H29N5O3. The van der Waals surface area contributed by atoms with E-state index in [0.29, 0.717) is 19.8 Å². The van der Waals surface area contributed by atoms with E-state index in [-0.39, 0.29) is 5.69 Å². The molecule has 8 heteroatoms. The first-order valence-electron chi connectivity index (χ1n) is 13.1. The molecule has 0 radical (unpaired) electrons.